The first-order valence-electron chi connectivity index (χ1n) is 13.8. The molecule has 0 saturated carbocycles. The Labute approximate surface area is 258 Å². The van der Waals surface area contributed by atoms with Gasteiger partial charge in [-0.2, -0.15) is 0 Å². The summed E-state index contributed by atoms with van der Waals surface area (Å²) in [5.41, 5.74) is 10.9. The number of sulfonamides is 1. The fourth-order valence-electron chi connectivity index (χ4n) is 5.37. The molecule has 226 valence electrons. The van der Waals surface area contributed by atoms with E-state index in [-0.39, 0.29) is 11.6 Å². The van der Waals surface area contributed by atoms with Crippen LogP contribution in [-0.4, -0.2) is 43.5 Å². The number of ether oxygens (including phenoxy) is 1. The Hall–Kier alpha value is -4.32. The number of benzene rings is 3. The standard InChI is InChI=1S/C32H28ClF2N5O3S/c1-43-32-29(39-44(41,42)30-9-7-24(34)16-27(30)35)15-23(17-37-32)19-6-8-28-22(12-19)13-25(31(36)38-28)20-4-5-21(26(33)14-20)18-40-10-2-3-11-40/h4-9,12-17,39H,2-3,10-11,18H2,1H3,(H2,36,38). The van der Waals surface area contributed by atoms with Crippen LogP contribution < -0.4 is 15.2 Å². The van der Waals surface area contributed by atoms with E-state index in [1.54, 1.807) is 12.1 Å². The van der Waals surface area contributed by atoms with Crippen LogP contribution in [0, 0.1) is 11.6 Å². The Kier molecular flexibility index (Phi) is 8.10. The first-order valence-corrected chi connectivity index (χ1v) is 15.7. The molecule has 0 radical (unpaired) electrons. The minimum Gasteiger partial charge on any atom is -0.480 e. The highest BCUT2D eigenvalue weighted by Gasteiger charge is 2.22. The second kappa shape index (κ2) is 12.0. The van der Waals surface area contributed by atoms with E-state index in [1.165, 1.54) is 32.2 Å². The van der Waals surface area contributed by atoms with Crippen molar-refractivity contribution in [2.75, 3.05) is 30.7 Å². The zero-order valence-electron chi connectivity index (χ0n) is 23.6. The minimum absolute atomic E-state index is 0.0198. The number of hydrogen-bond donors (Lipinski definition) is 2. The van der Waals surface area contributed by atoms with E-state index in [2.05, 4.69) is 19.6 Å². The molecule has 2 aromatic heterocycles. The van der Waals surface area contributed by atoms with Gasteiger partial charge in [-0.3, -0.25) is 9.62 Å². The largest absolute Gasteiger partial charge is 0.480 e. The molecule has 0 atom stereocenters. The monoisotopic (exact) mass is 635 g/mol. The maximum Gasteiger partial charge on any atom is 0.264 e. The molecule has 0 amide bonds. The Morgan fingerprint density at radius 3 is 2.48 bits per heavy atom. The highest BCUT2D eigenvalue weighted by Crippen LogP contribution is 2.35. The molecule has 0 unspecified atom stereocenters. The summed E-state index contributed by atoms with van der Waals surface area (Å²) in [5, 5.41) is 1.46. The van der Waals surface area contributed by atoms with Crippen molar-refractivity contribution in [1.82, 2.24) is 14.9 Å². The molecule has 8 nitrogen and oxygen atoms in total. The third-order valence-corrected chi connectivity index (χ3v) is 9.36. The smallest absolute Gasteiger partial charge is 0.264 e. The lowest BCUT2D eigenvalue weighted by atomic mass is 10.00. The van der Waals surface area contributed by atoms with E-state index in [0.29, 0.717) is 33.6 Å². The molecule has 0 aliphatic carbocycles. The van der Waals surface area contributed by atoms with Crippen LogP contribution in [0.5, 0.6) is 5.88 Å². The van der Waals surface area contributed by atoms with Crippen LogP contribution >= 0.6 is 11.6 Å². The lowest BCUT2D eigenvalue weighted by Gasteiger charge is -2.16. The van der Waals surface area contributed by atoms with Crippen molar-refractivity contribution >= 4 is 44.0 Å². The fourth-order valence-corrected chi connectivity index (χ4v) is 6.71. The lowest BCUT2D eigenvalue weighted by molar-refractivity contribution is 0.331. The number of methoxy groups -OCH3 is 1. The van der Waals surface area contributed by atoms with Crippen molar-refractivity contribution in [1.29, 1.82) is 0 Å². The van der Waals surface area contributed by atoms with Gasteiger partial charge in [0.2, 0.25) is 5.88 Å². The zero-order valence-corrected chi connectivity index (χ0v) is 25.2. The summed E-state index contributed by atoms with van der Waals surface area (Å²) in [5.74, 6) is -1.77. The number of aromatic nitrogens is 2. The molecule has 6 rings (SSSR count). The van der Waals surface area contributed by atoms with Crippen molar-refractivity contribution in [3.63, 3.8) is 0 Å². The molecule has 3 N–H and O–H groups in total. The van der Waals surface area contributed by atoms with Crippen LogP contribution in [0.15, 0.2) is 77.8 Å². The van der Waals surface area contributed by atoms with Gasteiger partial charge in [0.15, 0.2) is 0 Å². The number of nitrogens with two attached hydrogens (primary N) is 1. The van der Waals surface area contributed by atoms with Crippen LogP contribution in [0.25, 0.3) is 33.2 Å². The number of nitrogen functional groups attached to an aromatic ring is 1. The Morgan fingerprint density at radius 1 is 0.977 bits per heavy atom. The van der Waals surface area contributed by atoms with Gasteiger partial charge in [-0.25, -0.2) is 27.2 Å². The van der Waals surface area contributed by atoms with Gasteiger partial charge in [0.05, 0.1) is 12.6 Å². The molecule has 1 saturated heterocycles. The molecule has 5 aromatic rings. The molecule has 3 aromatic carbocycles. The normalized spacial score (nSPS) is 13.8. The van der Waals surface area contributed by atoms with Gasteiger partial charge in [0.25, 0.3) is 10.0 Å². The summed E-state index contributed by atoms with van der Waals surface area (Å²) in [7, 11) is -3.10. The molecule has 1 fully saturated rings. The average Bonchev–Trinajstić information content (AvgIpc) is 3.50. The maximum atomic E-state index is 14.3. The lowest BCUT2D eigenvalue weighted by Crippen LogP contribution is -2.18. The molecule has 44 heavy (non-hydrogen) atoms. The van der Waals surface area contributed by atoms with Crippen LogP contribution in [0.4, 0.5) is 20.3 Å². The molecule has 3 heterocycles. The topological polar surface area (TPSA) is 110 Å². The van der Waals surface area contributed by atoms with E-state index in [0.717, 1.165) is 53.8 Å². The van der Waals surface area contributed by atoms with E-state index in [1.807, 2.05) is 30.3 Å². The summed E-state index contributed by atoms with van der Waals surface area (Å²) in [6.45, 7) is 2.96. The number of pyridine rings is 2. The second-order valence-electron chi connectivity index (χ2n) is 10.6. The van der Waals surface area contributed by atoms with Gasteiger partial charge in [-0.05, 0) is 85.1 Å². The predicted octanol–water partition coefficient (Wildman–Crippen LogP) is 6.88. The summed E-state index contributed by atoms with van der Waals surface area (Å²) in [6.07, 6.45) is 3.94. The third kappa shape index (κ3) is 6.03. The number of hydrogen-bond acceptors (Lipinski definition) is 7. The van der Waals surface area contributed by atoms with Crippen LogP contribution in [0.1, 0.15) is 18.4 Å². The van der Waals surface area contributed by atoms with Crippen molar-refractivity contribution in [2.45, 2.75) is 24.3 Å². The molecule has 1 aliphatic heterocycles. The number of likely N-dealkylation sites (tertiary alicyclic amines) is 1. The second-order valence-corrected chi connectivity index (χ2v) is 12.6. The number of nitrogens with zero attached hydrogens (tertiary/aromatic N) is 3. The summed E-state index contributed by atoms with van der Waals surface area (Å²) >= 11 is 6.68. The predicted molar refractivity (Wildman–Crippen MR) is 168 cm³/mol. The van der Waals surface area contributed by atoms with E-state index in [4.69, 9.17) is 22.1 Å². The van der Waals surface area contributed by atoms with E-state index < -0.39 is 26.6 Å². The Morgan fingerprint density at radius 2 is 1.75 bits per heavy atom. The van der Waals surface area contributed by atoms with Crippen molar-refractivity contribution < 1.29 is 21.9 Å². The minimum atomic E-state index is -4.43. The van der Waals surface area contributed by atoms with Crippen LogP contribution in [0.3, 0.4) is 0 Å². The fraction of sp³-hybridized carbons (Fsp3) is 0.188. The molecule has 1 aliphatic rings. The SMILES string of the molecule is COc1ncc(-c2ccc3nc(N)c(-c4ccc(CN5CCCC5)c(Cl)c4)cc3c2)cc1NS(=O)(=O)c1ccc(F)cc1F. The maximum absolute atomic E-state index is 14.3. The zero-order chi connectivity index (χ0) is 31.0. The number of rotatable bonds is 8. The molecule has 12 heteroatoms. The van der Waals surface area contributed by atoms with Gasteiger partial charge in [-0.15, -0.1) is 0 Å². The molecule has 0 spiro atoms. The summed E-state index contributed by atoms with van der Waals surface area (Å²) in [4.78, 5) is 10.5. The number of nitrogens with one attached hydrogen (secondary N) is 1. The highest BCUT2D eigenvalue weighted by molar-refractivity contribution is 7.92. The molecular formula is C32H28ClF2N5O3S. The van der Waals surface area contributed by atoms with E-state index >= 15 is 0 Å². The molecular weight excluding hydrogens is 608 g/mol. The Balaban J connectivity index is 1.33. The van der Waals surface area contributed by atoms with Gasteiger partial charge in [0.1, 0.15) is 28.0 Å². The number of halogens is 3. The van der Waals surface area contributed by atoms with Crippen molar-refractivity contribution in [3.05, 3.63) is 95.1 Å². The van der Waals surface area contributed by atoms with Crippen LogP contribution in [-0.2, 0) is 16.6 Å². The van der Waals surface area contributed by atoms with Crippen LogP contribution in [0.2, 0.25) is 5.02 Å². The quantitative estimate of drug-likeness (QED) is 0.191. The Bertz CT molecular complexity index is 2000. The molecule has 0 bridgehead atoms. The van der Waals surface area contributed by atoms with Crippen molar-refractivity contribution in [2.24, 2.45) is 0 Å². The van der Waals surface area contributed by atoms with Gasteiger partial charge in [0, 0.05) is 40.3 Å². The van der Waals surface area contributed by atoms with Gasteiger partial charge in [-0.1, -0.05) is 29.8 Å². The first-order chi connectivity index (χ1) is 21.1. The number of fused-ring (bicyclic) bond motifs is 1. The highest BCUT2D eigenvalue weighted by atomic mass is 35.5. The van der Waals surface area contributed by atoms with Gasteiger partial charge < -0.3 is 10.5 Å². The van der Waals surface area contributed by atoms with E-state index in [9.17, 15) is 17.2 Å². The van der Waals surface area contributed by atoms with Gasteiger partial charge >= 0.3 is 0 Å². The van der Waals surface area contributed by atoms with Crippen molar-refractivity contribution in [3.8, 4) is 28.1 Å². The number of anilines is 2. The summed E-state index contributed by atoms with van der Waals surface area (Å²) in [6, 6.07) is 17.1. The third-order valence-electron chi connectivity index (χ3n) is 7.61. The summed E-state index contributed by atoms with van der Waals surface area (Å²) < 4.78 is 61.2. The average molecular weight is 636 g/mol. The first kappa shape index (κ1) is 29.7.